The highest BCUT2D eigenvalue weighted by atomic mass is 16.5. The van der Waals surface area contributed by atoms with Crippen LogP contribution in [0, 0.1) is 5.41 Å². The van der Waals surface area contributed by atoms with Crippen LogP contribution in [-0.4, -0.2) is 42.0 Å². The van der Waals surface area contributed by atoms with Crippen LogP contribution in [0.15, 0.2) is 30.3 Å². The predicted octanol–water partition coefficient (Wildman–Crippen LogP) is 1.99. The Morgan fingerprint density at radius 2 is 2.05 bits per heavy atom. The van der Waals surface area contributed by atoms with Crippen molar-refractivity contribution in [2.24, 2.45) is 5.73 Å². The number of nitrogens with one attached hydrogen (secondary N) is 1. The normalized spacial score (nSPS) is 15.4. The molecule has 0 unspecified atom stereocenters. The van der Waals surface area contributed by atoms with Gasteiger partial charge in [-0.05, 0) is 32.0 Å². The molecule has 0 aliphatic carbocycles. The zero-order valence-electron chi connectivity index (χ0n) is 12.0. The molecule has 2 aromatic rings. The summed E-state index contributed by atoms with van der Waals surface area (Å²) in [5.74, 6) is 0.580. The number of pyridine rings is 1. The van der Waals surface area contributed by atoms with Crippen molar-refractivity contribution in [2.75, 3.05) is 26.2 Å². The molecular weight excluding hydrogens is 264 g/mol. The molecule has 1 aliphatic heterocycles. The number of aromatic nitrogens is 1. The average molecular weight is 284 g/mol. The first kappa shape index (κ1) is 13.8. The Labute approximate surface area is 124 Å². The van der Waals surface area contributed by atoms with Crippen LogP contribution in [0.3, 0.4) is 0 Å². The smallest absolute Gasteiger partial charge is 0.214 e. The number of benzene rings is 1. The molecule has 1 aliphatic rings. The Kier molecular flexibility index (Phi) is 4.01. The molecule has 0 atom stereocenters. The molecule has 5 heteroatoms. The minimum absolute atomic E-state index is 0.0398. The van der Waals surface area contributed by atoms with Gasteiger partial charge in [0.15, 0.2) is 0 Å². The molecular formula is C16H20N4O. The van der Waals surface area contributed by atoms with Crippen molar-refractivity contribution in [1.29, 1.82) is 5.41 Å². The summed E-state index contributed by atoms with van der Waals surface area (Å²) in [6.07, 6.45) is 2.56. The van der Waals surface area contributed by atoms with Crippen molar-refractivity contribution in [3.05, 3.63) is 35.9 Å². The second-order valence-electron chi connectivity index (χ2n) is 5.34. The van der Waals surface area contributed by atoms with E-state index >= 15 is 0 Å². The van der Waals surface area contributed by atoms with Crippen molar-refractivity contribution in [2.45, 2.75) is 12.8 Å². The lowest BCUT2D eigenvalue weighted by atomic mass is 10.1. The van der Waals surface area contributed by atoms with E-state index in [2.05, 4.69) is 9.88 Å². The quantitative estimate of drug-likeness (QED) is 0.650. The molecule has 1 fully saturated rings. The topological polar surface area (TPSA) is 75.2 Å². The first-order valence-electron chi connectivity index (χ1n) is 7.33. The predicted molar refractivity (Wildman–Crippen MR) is 83.9 cm³/mol. The van der Waals surface area contributed by atoms with Gasteiger partial charge < -0.3 is 10.5 Å². The SMILES string of the molecule is N=C(N)c1cc(OCCN2CCCC2)nc2ccccc12. The van der Waals surface area contributed by atoms with Crippen LogP contribution in [0.2, 0.25) is 0 Å². The van der Waals surface area contributed by atoms with E-state index in [-0.39, 0.29) is 5.84 Å². The van der Waals surface area contributed by atoms with Crippen LogP contribution in [0.4, 0.5) is 0 Å². The van der Waals surface area contributed by atoms with Gasteiger partial charge >= 0.3 is 0 Å². The first-order valence-corrected chi connectivity index (χ1v) is 7.33. The summed E-state index contributed by atoms with van der Waals surface area (Å²) in [5.41, 5.74) is 7.15. The van der Waals surface area contributed by atoms with Gasteiger partial charge in [0.25, 0.3) is 0 Å². The van der Waals surface area contributed by atoms with Crippen molar-refractivity contribution in [1.82, 2.24) is 9.88 Å². The monoisotopic (exact) mass is 284 g/mol. The molecule has 1 aromatic carbocycles. The fourth-order valence-corrected chi connectivity index (χ4v) is 2.73. The maximum absolute atomic E-state index is 7.71. The summed E-state index contributed by atoms with van der Waals surface area (Å²) in [5, 5.41) is 8.60. The molecule has 110 valence electrons. The maximum Gasteiger partial charge on any atom is 0.214 e. The third-order valence-electron chi connectivity index (χ3n) is 3.84. The lowest BCUT2D eigenvalue weighted by molar-refractivity contribution is 0.232. The number of nitrogens with zero attached hydrogens (tertiary/aromatic N) is 2. The lowest BCUT2D eigenvalue weighted by Crippen LogP contribution is -2.25. The number of amidine groups is 1. The Balaban J connectivity index is 1.76. The summed E-state index contributed by atoms with van der Waals surface area (Å²) < 4.78 is 5.76. The zero-order chi connectivity index (χ0) is 14.7. The molecule has 0 spiro atoms. The van der Waals surface area contributed by atoms with Gasteiger partial charge in [-0.3, -0.25) is 10.3 Å². The number of para-hydroxylation sites is 1. The van der Waals surface area contributed by atoms with E-state index in [4.69, 9.17) is 15.9 Å². The van der Waals surface area contributed by atoms with E-state index in [0.717, 1.165) is 30.5 Å². The molecule has 0 radical (unpaired) electrons. The van der Waals surface area contributed by atoms with Gasteiger partial charge in [0.05, 0.1) is 5.52 Å². The van der Waals surface area contributed by atoms with E-state index in [1.54, 1.807) is 6.07 Å². The maximum atomic E-state index is 7.71. The van der Waals surface area contributed by atoms with Crippen LogP contribution in [-0.2, 0) is 0 Å². The molecule has 1 saturated heterocycles. The minimum Gasteiger partial charge on any atom is -0.476 e. The molecule has 21 heavy (non-hydrogen) atoms. The van der Waals surface area contributed by atoms with Crippen molar-refractivity contribution in [3.63, 3.8) is 0 Å². The Hall–Kier alpha value is -2.14. The van der Waals surface area contributed by atoms with Gasteiger partial charge in [-0.25, -0.2) is 4.98 Å². The summed E-state index contributed by atoms with van der Waals surface area (Å²) in [6, 6.07) is 9.44. The van der Waals surface area contributed by atoms with Crippen LogP contribution in [0.1, 0.15) is 18.4 Å². The fourth-order valence-electron chi connectivity index (χ4n) is 2.73. The second kappa shape index (κ2) is 6.10. The van der Waals surface area contributed by atoms with Crippen LogP contribution < -0.4 is 10.5 Å². The summed E-state index contributed by atoms with van der Waals surface area (Å²) in [6.45, 7) is 3.85. The number of hydrogen-bond acceptors (Lipinski definition) is 4. The Bertz CT molecular complexity index is 650. The molecule has 0 saturated carbocycles. The van der Waals surface area contributed by atoms with Crippen molar-refractivity contribution in [3.8, 4) is 5.88 Å². The third-order valence-corrected chi connectivity index (χ3v) is 3.84. The molecule has 0 bridgehead atoms. The number of likely N-dealkylation sites (tertiary alicyclic amines) is 1. The largest absolute Gasteiger partial charge is 0.476 e. The highest BCUT2D eigenvalue weighted by Crippen LogP contribution is 2.21. The van der Waals surface area contributed by atoms with Gasteiger partial charge in [-0.1, -0.05) is 18.2 Å². The highest BCUT2D eigenvalue weighted by Gasteiger charge is 2.12. The van der Waals surface area contributed by atoms with E-state index in [1.165, 1.54) is 12.8 Å². The standard InChI is InChI=1S/C16H20N4O/c17-16(18)13-11-15(19-14-6-2-1-5-12(13)14)21-10-9-20-7-3-4-8-20/h1-2,5-6,11H,3-4,7-10H2,(H3,17,18). The number of fused-ring (bicyclic) bond motifs is 1. The highest BCUT2D eigenvalue weighted by molar-refractivity contribution is 6.06. The van der Waals surface area contributed by atoms with Gasteiger partial charge in [0.2, 0.25) is 5.88 Å². The van der Waals surface area contributed by atoms with Crippen LogP contribution in [0.25, 0.3) is 10.9 Å². The molecule has 1 aromatic heterocycles. The van der Waals surface area contributed by atoms with Crippen molar-refractivity contribution < 1.29 is 4.74 Å². The second-order valence-corrected chi connectivity index (χ2v) is 5.34. The molecule has 3 N–H and O–H groups in total. The molecule has 3 rings (SSSR count). The van der Waals surface area contributed by atoms with E-state index in [1.807, 2.05) is 24.3 Å². The van der Waals surface area contributed by atoms with Gasteiger partial charge in [-0.2, -0.15) is 0 Å². The fraction of sp³-hybridized carbons (Fsp3) is 0.375. The average Bonchev–Trinajstić information content (AvgIpc) is 2.99. The zero-order valence-corrected chi connectivity index (χ0v) is 12.0. The van der Waals surface area contributed by atoms with Gasteiger partial charge in [0, 0.05) is 23.6 Å². The van der Waals surface area contributed by atoms with Crippen LogP contribution >= 0.6 is 0 Å². The van der Waals surface area contributed by atoms with Crippen molar-refractivity contribution >= 4 is 16.7 Å². The van der Waals surface area contributed by atoms with E-state index in [9.17, 15) is 0 Å². The van der Waals surface area contributed by atoms with Gasteiger partial charge in [0.1, 0.15) is 12.4 Å². The third kappa shape index (κ3) is 3.13. The van der Waals surface area contributed by atoms with Crippen LogP contribution in [0.5, 0.6) is 5.88 Å². The molecule has 2 heterocycles. The lowest BCUT2D eigenvalue weighted by Gasteiger charge is -2.15. The minimum atomic E-state index is 0.0398. The molecule has 5 nitrogen and oxygen atoms in total. The Morgan fingerprint density at radius 3 is 2.81 bits per heavy atom. The summed E-state index contributed by atoms with van der Waals surface area (Å²) in [4.78, 5) is 6.89. The number of nitrogens with two attached hydrogens (primary N) is 1. The summed E-state index contributed by atoms with van der Waals surface area (Å²) in [7, 11) is 0. The van der Waals surface area contributed by atoms with E-state index in [0.29, 0.717) is 18.1 Å². The van der Waals surface area contributed by atoms with Gasteiger partial charge in [-0.15, -0.1) is 0 Å². The Morgan fingerprint density at radius 1 is 1.29 bits per heavy atom. The number of hydrogen-bond donors (Lipinski definition) is 2. The summed E-state index contributed by atoms with van der Waals surface area (Å²) >= 11 is 0. The number of ether oxygens (including phenoxy) is 1. The number of nitrogen functional groups attached to an aromatic ring is 1. The van der Waals surface area contributed by atoms with E-state index < -0.39 is 0 Å². The first-order chi connectivity index (χ1) is 10.2. The number of rotatable bonds is 5. The molecule has 0 amide bonds.